The van der Waals surface area contributed by atoms with E-state index >= 15 is 0 Å². The molecule has 70 heavy (non-hydrogen) atoms. The zero-order chi connectivity index (χ0) is 51.3. The molecule has 3 aliphatic heterocycles. The minimum absolute atomic E-state index is 0.00366. The molecule has 394 valence electrons. The maximum Gasteiger partial charge on any atom is 0.309 e. The molecule has 2 aromatic rings. The van der Waals surface area contributed by atoms with E-state index in [0.29, 0.717) is 19.5 Å². The van der Waals surface area contributed by atoms with Crippen LogP contribution in [0.25, 0.3) is 10.9 Å². The molecule has 6 unspecified atom stereocenters. The first kappa shape index (κ1) is 57.2. The monoisotopic (exact) mass is 988 g/mol. The highest BCUT2D eigenvalue weighted by molar-refractivity contribution is 5.81. The smallest absolute Gasteiger partial charge is 0.309 e. The van der Waals surface area contributed by atoms with Gasteiger partial charge in [-0.05, 0) is 109 Å². The van der Waals surface area contributed by atoms with E-state index in [0.717, 1.165) is 36.5 Å². The summed E-state index contributed by atoms with van der Waals surface area (Å²) in [6, 6.07) is 9.35. The largest absolute Gasteiger partial charge is 0.466 e. The third-order valence-electron chi connectivity index (χ3n) is 14.3. The van der Waals surface area contributed by atoms with E-state index in [1.54, 1.807) is 53.6 Å². The van der Waals surface area contributed by atoms with Gasteiger partial charge in [0.1, 0.15) is 36.3 Å². The van der Waals surface area contributed by atoms with Crippen LogP contribution in [0.3, 0.4) is 0 Å². The second-order valence-electron chi connectivity index (χ2n) is 20.2. The molecule has 0 radical (unpaired) electrons. The lowest BCUT2D eigenvalue weighted by molar-refractivity contribution is -0.344. The number of likely N-dealkylation sites (N-methyl/N-ethyl adjacent to an activating group) is 2. The Labute approximate surface area is 413 Å². The quantitative estimate of drug-likeness (QED) is 0.121. The maximum absolute atomic E-state index is 13.8. The number of esters is 3. The average molecular weight is 988 g/mol. The molecule has 18 heteroatoms. The normalized spacial score (nSPS) is 35.5. The van der Waals surface area contributed by atoms with E-state index in [9.17, 15) is 34.5 Å². The standard InChI is InChI=1S/C52H81N3O15/c1-11-41(58)67-40-27-43(60)64-25-22-34(16-15-17-35-20-23-53-38-19-14-13-18-37(35)38)29-55(9)30-39(57)31(3)26-36(21-24-56)48(49(40)63-10)70-51-46(61)45(54(7)8)47(32(4)66-51)69-44-28-52(6,62)50(33(5)65-44)68-42(59)12-2/h13-14,18-20,23-24,31-34,36,39-40,44-51,57,61-62H,11-12,15-17,21-22,25-30H2,1-10H3/t31-,32?,33?,34?,36+,39+,40-,44+,45?,46?,47-,48+,49+,50+,51+,52?/m1/s1. The molecule has 18 nitrogen and oxygen atoms in total. The van der Waals surface area contributed by atoms with Gasteiger partial charge in [-0.3, -0.25) is 19.4 Å². The lowest BCUT2D eigenvalue weighted by Gasteiger charge is -2.50. The summed E-state index contributed by atoms with van der Waals surface area (Å²) in [7, 11) is 6.88. The molecular weight excluding hydrogens is 907 g/mol. The Bertz CT molecular complexity index is 1970. The number of aryl methyl sites for hydroxylation is 1. The molecule has 4 heterocycles. The number of ether oxygens (including phenoxy) is 8. The zero-order valence-corrected chi connectivity index (χ0v) is 43.0. The van der Waals surface area contributed by atoms with Crippen LogP contribution in [0.4, 0.5) is 0 Å². The molecule has 3 fully saturated rings. The van der Waals surface area contributed by atoms with Crippen molar-refractivity contribution in [2.45, 2.75) is 185 Å². The van der Waals surface area contributed by atoms with Crippen LogP contribution in [0, 0.1) is 17.8 Å². The number of cyclic esters (lactones) is 1. The minimum Gasteiger partial charge on any atom is -0.466 e. The highest BCUT2D eigenvalue weighted by Gasteiger charge is 2.53. The molecule has 0 saturated carbocycles. The van der Waals surface area contributed by atoms with E-state index < -0.39 is 109 Å². The number of para-hydroxylation sites is 1. The summed E-state index contributed by atoms with van der Waals surface area (Å²) in [4.78, 5) is 60.1. The van der Waals surface area contributed by atoms with Crippen LogP contribution in [0.15, 0.2) is 36.5 Å². The van der Waals surface area contributed by atoms with Crippen LogP contribution in [-0.4, -0.2) is 181 Å². The van der Waals surface area contributed by atoms with Crippen LogP contribution in [0.5, 0.6) is 0 Å². The van der Waals surface area contributed by atoms with E-state index in [1.807, 2.05) is 38.4 Å². The van der Waals surface area contributed by atoms with Crippen molar-refractivity contribution in [2.75, 3.05) is 47.9 Å². The summed E-state index contributed by atoms with van der Waals surface area (Å²) < 4.78 is 49.4. The minimum atomic E-state index is -1.50. The van der Waals surface area contributed by atoms with Crippen molar-refractivity contribution >= 4 is 35.1 Å². The molecule has 1 aromatic carbocycles. The molecule has 0 bridgehead atoms. The van der Waals surface area contributed by atoms with E-state index in [-0.39, 0.29) is 50.5 Å². The van der Waals surface area contributed by atoms with Crippen molar-refractivity contribution in [3.63, 3.8) is 0 Å². The summed E-state index contributed by atoms with van der Waals surface area (Å²) in [5.41, 5.74) is 0.666. The number of methoxy groups -OCH3 is 1. The molecule has 3 aliphatic rings. The molecule has 0 spiro atoms. The number of fused-ring (bicyclic) bond motifs is 1. The molecule has 0 aliphatic carbocycles. The molecular formula is C52H81N3O15. The van der Waals surface area contributed by atoms with Gasteiger partial charge in [0, 0.05) is 57.5 Å². The number of hydrogen-bond donors (Lipinski definition) is 3. The van der Waals surface area contributed by atoms with Crippen molar-refractivity contribution in [2.24, 2.45) is 17.8 Å². The third kappa shape index (κ3) is 15.4. The Morgan fingerprint density at radius 1 is 0.971 bits per heavy atom. The number of aliphatic hydroxyl groups is 3. The number of carbonyl (C=O) groups excluding carboxylic acids is 4. The maximum atomic E-state index is 13.8. The van der Waals surface area contributed by atoms with Gasteiger partial charge in [-0.15, -0.1) is 0 Å². The van der Waals surface area contributed by atoms with Crippen molar-refractivity contribution < 1.29 is 72.4 Å². The number of aldehydes is 1. The fourth-order valence-electron chi connectivity index (χ4n) is 10.5. The third-order valence-corrected chi connectivity index (χ3v) is 14.3. The molecule has 3 saturated heterocycles. The van der Waals surface area contributed by atoms with Crippen LogP contribution in [0.2, 0.25) is 0 Å². The van der Waals surface area contributed by atoms with Crippen LogP contribution < -0.4 is 0 Å². The topological polar surface area (TPSA) is 222 Å². The number of β-amino-alcohol motifs (C(OH)–C–C–N with tert-alkyl or cyclic N) is 1. The first-order valence-electron chi connectivity index (χ1n) is 25.2. The van der Waals surface area contributed by atoms with E-state index in [1.165, 1.54) is 12.7 Å². The Balaban J connectivity index is 1.39. The Kier molecular flexibility index (Phi) is 21.9. The summed E-state index contributed by atoms with van der Waals surface area (Å²) in [6.07, 6.45) is -5.83. The van der Waals surface area contributed by atoms with Gasteiger partial charge in [0.15, 0.2) is 18.7 Å². The molecule has 1 aromatic heterocycles. The summed E-state index contributed by atoms with van der Waals surface area (Å²) in [5, 5.41) is 36.6. The highest BCUT2D eigenvalue weighted by atomic mass is 16.7. The van der Waals surface area contributed by atoms with Gasteiger partial charge in [-0.25, -0.2) is 0 Å². The lowest BCUT2D eigenvalue weighted by atomic mass is 9.82. The van der Waals surface area contributed by atoms with Gasteiger partial charge in [-0.1, -0.05) is 39.0 Å². The molecule has 16 atom stereocenters. The molecule has 3 N–H and O–H groups in total. The predicted molar refractivity (Wildman–Crippen MR) is 258 cm³/mol. The number of nitrogens with zero attached hydrogens (tertiary/aromatic N) is 3. The summed E-state index contributed by atoms with van der Waals surface area (Å²) in [5.74, 6) is -2.64. The van der Waals surface area contributed by atoms with Crippen molar-refractivity contribution in [1.29, 1.82) is 0 Å². The SMILES string of the molecule is CCC(=O)O[C@@H]1CC(=O)OCCC(CCCc2ccnc3ccccc23)CN(C)C[C@H](O)[C@H](C)C[C@H](CC=O)[C@H](O[C@@H]2OC(C)[C@@H](O[C@H]3CC(C)(O)[C@@H](OC(=O)CC)C(C)O3)C(N(C)C)C2O)[C@H]1OC. The molecule has 5 rings (SSSR count). The number of pyridine rings is 1. The molecule has 0 amide bonds. The summed E-state index contributed by atoms with van der Waals surface area (Å²) >= 11 is 0. The van der Waals surface area contributed by atoms with Crippen LogP contribution in [-0.2, 0) is 63.5 Å². The van der Waals surface area contributed by atoms with Gasteiger partial charge in [0.05, 0.1) is 49.0 Å². The highest BCUT2D eigenvalue weighted by Crippen LogP contribution is 2.38. The van der Waals surface area contributed by atoms with Crippen LogP contribution >= 0.6 is 0 Å². The summed E-state index contributed by atoms with van der Waals surface area (Å²) in [6.45, 7) is 11.3. The first-order valence-corrected chi connectivity index (χ1v) is 25.2. The number of hydrogen-bond acceptors (Lipinski definition) is 18. The van der Waals surface area contributed by atoms with E-state index in [2.05, 4.69) is 22.0 Å². The Hall–Kier alpha value is -3.69. The number of aliphatic hydroxyl groups excluding tert-OH is 2. The number of benzene rings is 1. The fourth-order valence-corrected chi connectivity index (χ4v) is 10.5. The first-order chi connectivity index (χ1) is 33.3. The number of carbonyl (C=O) groups is 4. The zero-order valence-electron chi connectivity index (χ0n) is 43.0. The van der Waals surface area contributed by atoms with Crippen molar-refractivity contribution in [3.8, 4) is 0 Å². The Morgan fingerprint density at radius 2 is 1.69 bits per heavy atom. The lowest BCUT2D eigenvalue weighted by Crippen LogP contribution is -2.66. The van der Waals surface area contributed by atoms with Crippen LogP contribution in [0.1, 0.15) is 105 Å². The fraction of sp³-hybridized carbons (Fsp3) is 0.750. The number of aromatic nitrogens is 1. The average Bonchev–Trinajstić information content (AvgIpc) is 3.30. The van der Waals surface area contributed by atoms with Gasteiger partial charge in [0.25, 0.3) is 0 Å². The van der Waals surface area contributed by atoms with Crippen molar-refractivity contribution in [1.82, 2.24) is 14.8 Å². The van der Waals surface area contributed by atoms with Gasteiger partial charge in [-0.2, -0.15) is 0 Å². The number of rotatable bonds is 16. The van der Waals surface area contributed by atoms with Gasteiger partial charge >= 0.3 is 17.9 Å². The predicted octanol–water partition coefficient (Wildman–Crippen LogP) is 4.39. The van der Waals surface area contributed by atoms with Crippen molar-refractivity contribution in [3.05, 3.63) is 42.1 Å². The Morgan fingerprint density at radius 3 is 2.36 bits per heavy atom. The second kappa shape index (κ2) is 26.8. The van der Waals surface area contributed by atoms with Gasteiger partial charge in [0.2, 0.25) is 0 Å². The van der Waals surface area contributed by atoms with Gasteiger partial charge < -0.3 is 67.8 Å². The second-order valence-corrected chi connectivity index (χ2v) is 20.2. The van der Waals surface area contributed by atoms with E-state index in [4.69, 9.17) is 37.9 Å².